The van der Waals surface area contributed by atoms with Gasteiger partial charge in [-0.1, -0.05) is 18.6 Å². The van der Waals surface area contributed by atoms with E-state index in [-0.39, 0.29) is 6.03 Å². The molecule has 0 bridgehead atoms. The Morgan fingerprint density at radius 2 is 1.93 bits per heavy atom. The molecule has 2 amide bonds. The van der Waals surface area contributed by atoms with E-state index in [1.807, 2.05) is 23.1 Å². The highest BCUT2D eigenvalue weighted by Gasteiger charge is 2.20. The topological polar surface area (TPSA) is 54.0 Å². The van der Waals surface area contributed by atoms with Crippen molar-refractivity contribution in [3.8, 4) is 5.75 Å². The summed E-state index contributed by atoms with van der Waals surface area (Å²) in [6.07, 6.45) is 6.50. The summed E-state index contributed by atoms with van der Waals surface area (Å²) in [5, 5.41) is 3.05. The highest BCUT2D eigenvalue weighted by Crippen LogP contribution is 2.23. The first-order chi connectivity index (χ1) is 13.2. The van der Waals surface area contributed by atoms with Gasteiger partial charge in [-0.2, -0.15) is 0 Å². The van der Waals surface area contributed by atoms with Crippen molar-refractivity contribution in [1.82, 2.24) is 15.1 Å². The molecule has 6 nitrogen and oxygen atoms in total. The van der Waals surface area contributed by atoms with E-state index in [0.29, 0.717) is 12.6 Å². The van der Waals surface area contributed by atoms with Crippen LogP contribution in [0.25, 0.3) is 0 Å². The average molecular weight is 376 g/mol. The smallest absolute Gasteiger partial charge is 0.317 e. The zero-order valence-corrected chi connectivity index (χ0v) is 16.5. The number of carbonyl (C=O) groups is 1. The summed E-state index contributed by atoms with van der Waals surface area (Å²) >= 11 is 0. The van der Waals surface area contributed by atoms with Crippen LogP contribution in [0.2, 0.25) is 0 Å². The van der Waals surface area contributed by atoms with E-state index >= 15 is 0 Å². The Kier molecular flexibility index (Phi) is 7.78. The summed E-state index contributed by atoms with van der Waals surface area (Å²) in [6, 6.07) is 8.13. The minimum Gasteiger partial charge on any atom is -0.490 e. The van der Waals surface area contributed by atoms with Crippen molar-refractivity contribution in [2.75, 3.05) is 46.4 Å². The number of methoxy groups -OCH3 is 1. The second kappa shape index (κ2) is 10.5. The number of urea groups is 1. The van der Waals surface area contributed by atoms with Crippen LogP contribution < -0.4 is 10.1 Å². The van der Waals surface area contributed by atoms with Crippen molar-refractivity contribution in [3.05, 3.63) is 29.8 Å². The number of amides is 2. The van der Waals surface area contributed by atoms with E-state index in [4.69, 9.17) is 9.47 Å². The zero-order valence-electron chi connectivity index (χ0n) is 16.5. The summed E-state index contributed by atoms with van der Waals surface area (Å²) < 4.78 is 11.2. The normalized spacial score (nSPS) is 19.1. The molecule has 1 aromatic rings. The third kappa shape index (κ3) is 6.40. The van der Waals surface area contributed by atoms with Crippen molar-refractivity contribution in [2.45, 2.75) is 44.8 Å². The molecule has 2 aliphatic rings. The van der Waals surface area contributed by atoms with Crippen molar-refractivity contribution in [1.29, 1.82) is 0 Å². The van der Waals surface area contributed by atoms with Crippen LogP contribution in [0, 0.1) is 0 Å². The Balaban J connectivity index is 1.41. The average Bonchev–Trinajstić information content (AvgIpc) is 2.72. The molecule has 27 heavy (non-hydrogen) atoms. The first-order valence-electron chi connectivity index (χ1n) is 10.2. The van der Waals surface area contributed by atoms with Crippen LogP contribution in [-0.4, -0.2) is 68.4 Å². The number of nitrogens with zero attached hydrogens (tertiary/aromatic N) is 2. The first kappa shape index (κ1) is 20.0. The maximum absolute atomic E-state index is 12.4. The van der Waals surface area contributed by atoms with Gasteiger partial charge >= 0.3 is 6.03 Å². The molecule has 1 saturated carbocycles. The van der Waals surface area contributed by atoms with Gasteiger partial charge in [-0.3, -0.25) is 4.90 Å². The Morgan fingerprint density at radius 1 is 1.15 bits per heavy atom. The van der Waals surface area contributed by atoms with Gasteiger partial charge < -0.3 is 19.7 Å². The van der Waals surface area contributed by atoms with E-state index in [1.54, 1.807) is 7.11 Å². The molecule has 6 heteroatoms. The van der Waals surface area contributed by atoms with Gasteiger partial charge in [-0.15, -0.1) is 0 Å². The molecule has 0 aromatic heterocycles. The lowest BCUT2D eigenvalue weighted by Gasteiger charge is -2.34. The van der Waals surface area contributed by atoms with Gasteiger partial charge in [0.2, 0.25) is 0 Å². The molecule has 0 spiro atoms. The fourth-order valence-corrected chi connectivity index (χ4v) is 3.79. The van der Waals surface area contributed by atoms with E-state index < -0.39 is 0 Å². The Morgan fingerprint density at radius 3 is 2.67 bits per heavy atom. The lowest BCUT2D eigenvalue weighted by molar-refractivity contribution is 0.106. The second-order valence-corrected chi connectivity index (χ2v) is 7.51. The van der Waals surface area contributed by atoms with Crippen LogP contribution in [0.4, 0.5) is 4.79 Å². The van der Waals surface area contributed by atoms with Crippen molar-refractivity contribution in [2.24, 2.45) is 0 Å². The van der Waals surface area contributed by atoms with E-state index in [9.17, 15) is 4.79 Å². The van der Waals surface area contributed by atoms with Gasteiger partial charge in [0.05, 0.1) is 12.7 Å². The summed E-state index contributed by atoms with van der Waals surface area (Å²) in [6.45, 7) is 5.54. The third-order valence-electron chi connectivity index (χ3n) is 5.47. The largest absolute Gasteiger partial charge is 0.490 e. The summed E-state index contributed by atoms with van der Waals surface area (Å²) in [5.74, 6) is 0.917. The second-order valence-electron chi connectivity index (χ2n) is 7.51. The molecule has 2 fully saturated rings. The lowest BCUT2D eigenvalue weighted by atomic mass is 9.98. The fourth-order valence-electron chi connectivity index (χ4n) is 3.79. The van der Waals surface area contributed by atoms with Gasteiger partial charge in [0.15, 0.2) is 0 Å². The van der Waals surface area contributed by atoms with Crippen molar-refractivity contribution >= 4 is 6.03 Å². The maximum Gasteiger partial charge on any atom is 0.317 e. The molecule has 1 aliphatic carbocycles. The number of nitrogens with one attached hydrogen (secondary N) is 1. The van der Waals surface area contributed by atoms with Crippen LogP contribution in [0.15, 0.2) is 24.3 Å². The molecule has 1 heterocycles. The Hall–Kier alpha value is -1.79. The molecule has 1 aliphatic heterocycles. The van der Waals surface area contributed by atoms with Gasteiger partial charge in [-0.05, 0) is 43.4 Å². The minimum atomic E-state index is 0.0139. The number of rotatable bonds is 7. The van der Waals surface area contributed by atoms with Crippen LogP contribution >= 0.6 is 0 Å². The minimum absolute atomic E-state index is 0.0139. The predicted octanol–water partition coefficient (Wildman–Crippen LogP) is 2.87. The number of hydrogen-bond donors (Lipinski definition) is 1. The summed E-state index contributed by atoms with van der Waals surface area (Å²) in [5.41, 5.74) is 1.08. The number of benzene rings is 1. The van der Waals surface area contributed by atoms with Crippen LogP contribution in [0.5, 0.6) is 5.75 Å². The predicted molar refractivity (Wildman–Crippen MR) is 106 cm³/mol. The maximum atomic E-state index is 12.4. The van der Waals surface area contributed by atoms with Crippen LogP contribution in [-0.2, 0) is 11.3 Å². The van der Waals surface area contributed by atoms with Crippen molar-refractivity contribution < 1.29 is 14.3 Å². The lowest BCUT2D eigenvalue weighted by Crippen LogP contribution is -2.52. The number of carbonyl (C=O) groups excluding carboxylic acids is 1. The first-order valence-corrected chi connectivity index (χ1v) is 10.2. The molecular formula is C21H33N3O3. The third-order valence-corrected chi connectivity index (χ3v) is 5.47. The zero-order chi connectivity index (χ0) is 18.9. The van der Waals surface area contributed by atoms with Crippen LogP contribution in [0.1, 0.15) is 37.7 Å². The molecule has 3 rings (SSSR count). The molecule has 150 valence electrons. The quantitative estimate of drug-likeness (QED) is 0.796. The van der Waals surface area contributed by atoms with Gasteiger partial charge in [-0.25, -0.2) is 4.79 Å². The number of piperazine rings is 1. The van der Waals surface area contributed by atoms with Crippen LogP contribution in [0.3, 0.4) is 0 Å². The molecule has 1 saturated heterocycles. The highest BCUT2D eigenvalue weighted by molar-refractivity contribution is 5.74. The monoisotopic (exact) mass is 375 g/mol. The number of ether oxygens (including phenoxy) is 2. The molecule has 1 N–H and O–H groups in total. The Labute approximate surface area is 162 Å². The summed E-state index contributed by atoms with van der Waals surface area (Å²) in [7, 11) is 1.72. The fraction of sp³-hybridized carbons (Fsp3) is 0.667. The van der Waals surface area contributed by atoms with Gasteiger partial charge in [0.1, 0.15) is 5.75 Å². The highest BCUT2D eigenvalue weighted by atomic mass is 16.5. The molecule has 1 aromatic carbocycles. The van der Waals surface area contributed by atoms with E-state index in [1.165, 1.54) is 19.3 Å². The van der Waals surface area contributed by atoms with Gasteiger partial charge in [0, 0.05) is 46.4 Å². The van der Waals surface area contributed by atoms with Crippen molar-refractivity contribution in [3.63, 3.8) is 0 Å². The number of hydrogen-bond acceptors (Lipinski definition) is 4. The molecule has 0 unspecified atom stereocenters. The molecular weight excluding hydrogens is 342 g/mol. The Bertz CT molecular complexity index is 582. The van der Waals surface area contributed by atoms with E-state index in [0.717, 1.165) is 63.5 Å². The SMILES string of the molecule is COCCN1CCN(C(=O)NCc2cccc(OC3CCCCC3)c2)CC1. The van der Waals surface area contributed by atoms with Gasteiger partial charge in [0.25, 0.3) is 0 Å². The standard InChI is InChI=1S/C21H33N3O3/c1-26-15-14-23-10-12-24(13-11-23)21(25)22-17-18-6-5-9-20(16-18)27-19-7-3-2-4-8-19/h5-6,9,16,19H,2-4,7-8,10-15,17H2,1H3,(H,22,25). The summed E-state index contributed by atoms with van der Waals surface area (Å²) in [4.78, 5) is 16.7. The van der Waals surface area contributed by atoms with E-state index in [2.05, 4.69) is 16.3 Å². The molecule has 0 atom stereocenters. The molecule has 0 radical (unpaired) electrons.